The average molecular weight is 256 g/mol. The largest absolute Gasteiger partial charge is 0.398 e. The minimum atomic E-state index is -0.198. The summed E-state index contributed by atoms with van der Waals surface area (Å²) in [6.45, 7) is 9.51. The zero-order valence-corrected chi connectivity index (χ0v) is 11.7. The molecule has 0 saturated carbocycles. The molecule has 0 atom stereocenters. The SMILES string of the molecule is C=C/C(=C\C=C(C)C)C(=O)Nc1ccc(C)c(N)c1. The molecule has 3 heteroatoms. The van der Waals surface area contributed by atoms with Gasteiger partial charge in [0, 0.05) is 16.9 Å². The van der Waals surface area contributed by atoms with Gasteiger partial charge in [-0.3, -0.25) is 4.79 Å². The average Bonchev–Trinajstić information content (AvgIpc) is 2.34. The van der Waals surface area contributed by atoms with Gasteiger partial charge in [-0.15, -0.1) is 0 Å². The number of carbonyl (C=O) groups excluding carboxylic acids is 1. The third-order valence-electron chi connectivity index (χ3n) is 2.62. The normalized spacial score (nSPS) is 10.8. The summed E-state index contributed by atoms with van der Waals surface area (Å²) < 4.78 is 0. The number of hydrogen-bond acceptors (Lipinski definition) is 2. The molecule has 0 aliphatic heterocycles. The molecule has 0 aromatic heterocycles. The molecule has 3 nitrogen and oxygen atoms in total. The number of amides is 1. The molecule has 100 valence electrons. The first kappa shape index (κ1) is 14.8. The van der Waals surface area contributed by atoms with Crippen LogP contribution in [0.4, 0.5) is 11.4 Å². The molecule has 0 unspecified atom stereocenters. The van der Waals surface area contributed by atoms with Crippen LogP contribution in [0, 0.1) is 6.92 Å². The van der Waals surface area contributed by atoms with Gasteiger partial charge < -0.3 is 11.1 Å². The van der Waals surface area contributed by atoms with Crippen LogP contribution in [-0.2, 0) is 4.79 Å². The fourth-order valence-corrected chi connectivity index (χ4v) is 1.41. The van der Waals surface area contributed by atoms with E-state index in [1.807, 2.05) is 39.0 Å². The van der Waals surface area contributed by atoms with Gasteiger partial charge in [0.1, 0.15) is 0 Å². The zero-order valence-electron chi connectivity index (χ0n) is 11.7. The monoisotopic (exact) mass is 256 g/mol. The van der Waals surface area contributed by atoms with E-state index in [1.165, 1.54) is 6.08 Å². The molecule has 3 N–H and O–H groups in total. The summed E-state index contributed by atoms with van der Waals surface area (Å²) in [5.41, 5.74) is 9.76. The number of anilines is 2. The van der Waals surface area contributed by atoms with E-state index in [1.54, 1.807) is 12.1 Å². The molecule has 0 radical (unpaired) electrons. The summed E-state index contributed by atoms with van der Waals surface area (Å²) in [4.78, 5) is 12.0. The van der Waals surface area contributed by atoms with Gasteiger partial charge in [0.2, 0.25) is 0 Å². The quantitative estimate of drug-likeness (QED) is 0.491. The molecule has 1 aromatic rings. The lowest BCUT2D eigenvalue weighted by Crippen LogP contribution is -2.13. The molecule has 0 bridgehead atoms. The van der Waals surface area contributed by atoms with Gasteiger partial charge >= 0.3 is 0 Å². The van der Waals surface area contributed by atoms with Crippen molar-refractivity contribution in [2.45, 2.75) is 20.8 Å². The Morgan fingerprint density at radius 3 is 2.53 bits per heavy atom. The van der Waals surface area contributed by atoms with E-state index in [2.05, 4.69) is 11.9 Å². The Labute approximate surface area is 114 Å². The van der Waals surface area contributed by atoms with Gasteiger partial charge in [-0.2, -0.15) is 0 Å². The number of nitrogens with one attached hydrogen (secondary N) is 1. The van der Waals surface area contributed by atoms with Crippen molar-refractivity contribution in [1.82, 2.24) is 0 Å². The lowest BCUT2D eigenvalue weighted by molar-refractivity contribution is -0.112. The first-order chi connectivity index (χ1) is 8.93. The van der Waals surface area contributed by atoms with Crippen molar-refractivity contribution >= 4 is 17.3 Å². The van der Waals surface area contributed by atoms with Crippen molar-refractivity contribution < 1.29 is 4.79 Å². The molecule has 1 amide bonds. The lowest BCUT2D eigenvalue weighted by Gasteiger charge is -2.07. The van der Waals surface area contributed by atoms with Crippen LogP contribution in [-0.4, -0.2) is 5.91 Å². The molecule has 1 aromatic carbocycles. The summed E-state index contributed by atoms with van der Waals surface area (Å²) in [6, 6.07) is 5.44. The summed E-state index contributed by atoms with van der Waals surface area (Å²) in [7, 11) is 0. The number of hydrogen-bond donors (Lipinski definition) is 2. The molecular weight excluding hydrogens is 236 g/mol. The number of carbonyl (C=O) groups is 1. The Morgan fingerprint density at radius 2 is 2.00 bits per heavy atom. The number of allylic oxidation sites excluding steroid dienone is 3. The Balaban J connectivity index is 2.88. The van der Waals surface area contributed by atoms with Gasteiger partial charge in [0.25, 0.3) is 5.91 Å². The third kappa shape index (κ3) is 4.47. The van der Waals surface area contributed by atoms with Crippen molar-refractivity contribution in [2.24, 2.45) is 0 Å². The number of nitrogen functional groups attached to an aromatic ring is 1. The Morgan fingerprint density at radius 1 is 1.32 bits per heavy atom. The van der Waals surface area contributed by atoms with Crippen molar-refractivity contribution in [3.63, 3.8) is 0 Å². The molecule has 0 heterocycles. The molecule has 0 saturated heterocycles. The predicted molar refractivity (Wildman–Crippen MR) is 81.9 cm³/mol. The standard InChI is InChI=1S/C16H20N2O/c1-5-13(8-6-11(2)3)16(19)18-14-9-7-12(4)15(17)10-14/h5-10H,1,17H2,2-4H3,(H,18,19)/b13-8+. The smallest absolute Gasteiger partial charge is 0.255 e. The first-order valence-corrected chi connectivity index (χ1v) is 6.09. The van der Waals surface area contributed by atoms with E-state index in [0.29, 0.717) is 16.9 Å². The third-order valence-corrected chi connectivity index (χ3v) is 2.62. The summed E-state index contributed by atoms with van der Waals surface area (Å²) in [5.74, 6) is -0.198. The van der Waals surface area contributed by atoms with E-state index in [9.17, 15) is 4.79 Å². The fourth-order valence-electron chi connectivity index (χ4n) is 1.41. The summed E-state index contributed by atoms with van der Waals surface area (Å²) >= 11 is 0. The molecule has 1 rings (SSSR count). The molecule has 0 aliphatic carbocycles. The second-order valence-corrected chi connectivity index (χ2v) is 4.60. The Kier molecular flexibility index (Phi) is 5.12. The van der Waals surface area contributed by atoms with E-state index in [-0.39, 0.29) is 5.91 Å². The van der Waals surface area contributed by atoms with Gasteiger partial charge in [0.05, 0.1) is 0 Å². The van der Waals surface area contributed by atoms with Gasteiger partial charge in [-0.05, 0) is 44.5 Å². The molecule has 0 spiro atoms. The Bertz CT molecular complexity index is 550. The summed E-state index contributed by atoms with van der Waals surface area (Å²) in [5, 5.41) is 2.80. The predicted octanol–water partition coefficient (Wildman–Crippen LogP) is 3.59. The Hall–Kier alpha value is -2.29. The van der Waals surface area contributed by atoms with E-state index < -0.39 is 0 Å². The maximum Gasteiger partial charge on any atom is 0.255 e. The van der Waals surface area contributed by atoms with Crippen molar-refractivity contribution in [3.8, 4) is 0 Å². The van der Waals surface area contributed by atoms with Crippen LogP contribution in [0.3, 0.4) is 0 Å². The molecule has 0 aliphatic rings. The number of benzene rings is 1. The summed E-state index contributed by atoms with van der Waals surface area (Å²) in [6.07, 6.45) is 5.15. The lowest BCUT2D eigenvalue weighted by atomic mass is 10.1. The van der Waals surface area contributed by atoms with Crippen LogP contribution >= 0.6 is 0 Å². The van der Waals surface area contributed by atoms with Gasteiger partial charge in [0.15, 0.2) is 0 Å². The highest BCUT2D eigenvalue weighted by atomic mass is 16.1. The van der Waals surface area contributed by atoms with Crippen LogP contribution in [0.15, 0.2) is 54.2 Å². The highest BCUT2D eigenvalue weighted by Crippen LogP contribution is 2.17. The number of aryl methyl sites for hydroxylation is 1. The molecule has 19 heavy (non-hydrogen) atoms. The van der Waals surface area contributed by atoms with Crippen LogP contribution in [0.25, 0.3) is 0 Å². The van der Waals surface area contributed by atoms with Crippen LogP contribution < -0.4 is 11.1 Å². The van der Waals surface area contributed by atoms with E-state index in [0.717, 1.165) is 11.1 Å². The van der Waals surface area contributed by atoms with Crippen molar-refractivity contribution in [1.29, 1.82) is 0 Å². The highest BCUT2D eigenvalue weighted by molar-refractivity contribution is 6.06. The number of rotatable bonds is 4. The highest BCUT2D eigenvalue weighted by Gasteiger charge is 2.06. The zero-order chi connectivity index (χ0) is 14.4. The minimum Gasteiger partial charge on any atom is -0.398 e. The van der Waals surface area contributed by atoms with Crippen molar-refractivity contribution in [2.75, 3.05) is 11.1 Å². The van der Waals surface area contributed by atoms with E-state index >= 15 is 0 Å². The topological polar surface area (TPSA) is 55.1 Å². The molecular formula is C16H20N2O. The van der Waals surface area contributed by atoms with E-state index in [4.69, 9.17) is 5.73 Å². The van der Waals surface area contributed by atoms with Crippen molar-refractivity contribution in [3.05, 3.63) is 59.7 Å². The fraction of sp³-hybridized carbons (Fsp3) is 0.188. The van der Waals surface area contributed by atoms with Gasteiger partial charge in [-0.1, -0.05) is 30.4 Å². The van der Waals surface area contributed by atoms with Crippen LogP contribution in [0.2, 0.25) is 0 Å². The van der Waals surface area contributed by atoms with Crippen LogP contribution in [0.5, 0.6) is 0 Å². The maximum atomic E-state index is 12.0. The van der Waals surface area contributed by atoms with Gasteiger partial charge in [-0.25, -0.2) is 0 Å². The minimum absolute atomic E-state index is 0.198. The molecule has 0 fully saturated rings. The second kappa shape index (κ2) is 6.59. The second-order valence-electron chi connectivity index (χ2n) is 4.60. The van der Waals surface area contributed by atoms with Crippen LogP contribution in [0.1, 0.15) is 19.4 Å². The first-order valence-electron chi connectivity index (χ1n) is 6.09. The maximum absolute atomic E-state index is 12.0. The number of nitrogens with two attached hydrogens (primary N) is 1.